The highest BCUT2D eigenvalue weighted by Gasteiger charge is 2.22. The zero-order chi connectivity index (χ0) is 13.5. The average Bonchev–Trinajstić information content (AvgIpc) is 2.68. The summed E-state index contributed by atoms with van der Waals surface area (Å²) >= 11 is 1.95. The van der Waals surface area contributed by atoms with Crippen LogP contribution in [0.1, 0.15) is 51.9 Å². The van der Waals surface area contributed by atoms with Crippen molar-refractivity contribution in [1.29, 1.82) is 0 Å². The molecule has 0 radical (unpaired) electrons. The van der Waals surface area contributed by atoms with Crippen molar-refractivity contribution in [3.8, 4) is 0 Å². The molecule has 2 rings (SSSR count). The van der Waals surface area contributed by atoms with Crippen molar-refractivity contribution < 1.29 is 4.79 Å². The molecule has 4 heteroatoms. The van der Waals surface area contributed by atoms with E-state index in [1.807, 2.05) is 11.8 Å². The third-order valence-corrected chi connectivity index (χ3v) is 5.56. The van der Waals surface area contributed by atoms with Crippen LogP contribution in [0.2, 0.25) is 0 Å². The summed E-state index contributed by atoms with van der Waals surface area (Å²) in [6.45, 7) is 3.23. The molecule has 1 saturated carbocycles. The fourth-order valence-corrected chi connectivity index (χ4v) is 4.17. The standard InChI is InChI=1S/C15H28N2OS/c1-12(13-6-4-2-3-5-7-13)17-15(18)10-14-11-19-9-8-16-14/h12-14,16H,2-11H2,1H3,(H,17,18)/t12-,14?/m0/s1. The first-order chi connectivity index (χ1) is 9.25. The third-order valence-electron chi connectivity index (χ3n) is 4.43. The summed E-state index contributed by atoms with van der Waals surface area (Å²) < 4.78 is 0. The number of carbonyl (C=O) groups excluding carboxylic acids is 1. The first-order valence-electron chi connectivity index (χ1n) is 7.86. The second kappa shape index (κ2) is 8.15. The highest BCUT2D eigenvalue weighted by Crippen LogP contribution is 2.25. The Bertz CT molecular complexity index is 271. The van der Waals surface area contributed by atoms with Crippen LogP contribution in [0, 0.1) is 5.92 Å². The summed E-state index contributed by atoms with van der Waals surface area (Å²) in [7, 11) is 0. The van der Waals surface area contributed by atoms with Crippen LogP contribution in [0.4, 0.5) is 0 Å². The summed E-state index contributed by atoms with van der Waals surface area (Å²) in [6, 6.07) is 0.724. The van der Waals surface area contributed by atoms with Gasteiger partial charge in [0.2, 0.25) is 5.91 Å². The van der Waals surface area contributed by atoms with E-state index in [0.29, 0.717) is 24.4 Å². The lowest BCUT2D eigenvalue weighted by molar-refractivity contribution is -0.122. The van der Waals surface area contributed by atoms with Gasteiger partial charge >= 0.3 is 0 Å². The number of amides is 1. The molecule has 2 aliphatic rings. The Labute approximate surface area is 121 Å². The molecule has 1 amide bonds. The van der Waals surface area contributed by atoms with Gasteiger partial charge in [-0.2, -0.15) is 11.8 Å². The van der Waals surface area contributed by atoms with E-state index in [9.17, 15) is 4.79 Å². The Balaban J connectivity index is 1.70. The number of rotatable bonds is 4. The molecule has 3 nitrogen and oxygen atoms in total. The Hall–Kier alpha value is -0.220. The molecule has 0 bridgehead atoms. The molecule has 19 heavy (non-hydrogen) atoms. The van der Waals surface area contributed by atoms with Crippen molar-refractivity contribution in [2.45, 2.75) is 64.0 Å². The smallest absolute Gasteiger partial charge is 0.221 e. The van der Waals surface area contributed by atoms with E-state index >= 15 is 0 Å². The second-order valence-corrected chi connectivity index (χ2v) is 7.19. The van der Waals surface area contributed by atoms with Crippen LogP contribution in [-0.4, -0.2) is 36.0 Å². The van der Waals surface area contributed by atoms with Crippen LogP contribution >= 0.6 is 11.8 Å². The van der Waals surface area contributed by atoms with E-state index in [4.69, 9.17) is 0 Å². The Kier molecular flexibility index (Phi) is 6.51. The molecule has 1 aliphatic carbocycles. The lowest BCUT2D eigenvalue weighted by Gasteiger charge is -2.26. The molecular weight excluding hydrogens is 256 g/mol. The van der Waals surface area contributed by atoms with E-state index < -0.39 is 0 Å². The first kappa shape index (κ1) is 15.2. The number of carbonyl (C=O) groups is 1. The van der Waals surface area contributed by atoms with Crippen molar-refractivity contribution in [3.63, 3.8) is 0 Å². The summed E-state index contributed by atoms with van der Waals surface area (Å²) in [5.41, 5.74) is 0. The molecule has 2 atom stereocenters. The molecule has 0 aromatic carbocycles. The lowest BCUT2D eigenvalue weighted by atomic mass is 9.93. The predicted octanol–water partition coefficient (Wildman–Crippen LogP) is 2.56. The molecule has 0 aromatic heterocycles. The van der Waals surface area contributed by atoms with E-state index in [1.165, 1.54) is 44.3 Å². The van der Waals surface area contributed by atoms with Crippen molar-refractivity contribution >= 4 is 17.7 Å². The van der Waals surface area contributed by atoms with Gasteiger partial charge < -0.3 is 10.6 Å². The van der Waals surface area contributed by atoms with Gasteiger partial charge in [0.15, 0.2) is 0 Å². The summed E-state index contributed by atoms with van der Waals surface area (Å²) in [4.78, 5) is 12.1. The molecule has 1 heterocycles. The van der Waals surface area contributed by atoms with E-state index in [2.05, 4.69) is 17.6 Å². The van der Waals surface area contributed by atoms with Crippen LogP contribution in [0.3, 0.4) is 0 Å². The monoisotopic (exact) mass is 284 g/mol. The van der Waals surface area contributed by atoms with Crippen molar-refractivity contribution in [2.75, 3.05) is 18.1 Å². The maximum atomic E-state index is 12.1. The number of hydrogen-bond donors (Lipinski definition) is 2. The minimum Gasteiger partial charge on any atom is -0.353 e. The number of hydrogen-bond acceptors (Lipinski definition) is 3. The largest absolute Gasteiger partial charge is 0.353 e. The molecule has 1 unspecified atom stereocenters. The maximum Gasteiger partial charge on any atom is 0.221 e. The fourth-order valence-electron chi connectivity index (χ4n) is 3.22. The quantitative estimate of drug-likeness (QED) is 0.780. The van der Waals surface area contributed by atoms with Crippen LogP contribution in [0.15, 0.2) is 0 Å². The van der Waals surface area contributed by atoms with Gasteiger partial charge in [-0.3, -0.25) is 4.79 Å². The van der Waals surface area contributed by atoms with Gasteiger partial charge in [-0.1, -0.05) is 25.7 Å². The topological polar surface area (TPSA) is 41.1 Å². The summed E-state index contributed by atoms with van der Waals surface area (Å²) in [5.74, 6) is 3.18. The van der Waals surface area contributed by atoms with Gasteiger partial charge in [0.05, 0.1) is 0 Å². The molecule has 110 valence electrons. The van der Waals surface area contributed by atoms with Crippen LogP contribution in [0.25, 0.3) is 0 Å². The minimum atomic E-state index is 0.233. The summed E-state index contributed by atoms with van der Waals surface area (Å²) in [5, 5.41) is 6.67. The van der Waals surface area contributed by atoms with Crippen molar-refractivity contribution in [2.24, 2.45) is 5.92 Å². The predicted molar refractivity (Wildman–Crippen MR) is 82.5 cm³/mol. The zero-order valence-corrected chi connectivity index (χ0v) is 12.9. The normalized spacial score (nSPS) is 27.5. The van der Waals surface area contributed by atoms with Gasteiger partial charge in [0.25, 0.3) is 0 Å². The van der Waals surface area contributed by atoms with E-state index in [1.54, 1.807) is 0 Å². The molecule has 2 N–H and O–H groups in total. The molecule has 2 fully saturated rings. The van der Waals surface area contributed by atoms with Crippen LogP contribution in [0.5, 0.6) is 0 Å². The highest BCUT2D eigenvalue weighted by molar-refractivity contribution is 7.99. The highest BCUT2D eigenvalue weighted by atomic mass is 32.2. The SMILES string of the molecule is C[C@H](NC(=O)CC1CSCCN1)C1CCCCCC1. The average molecular weight is 284 g/mol. The number of nitrogens with one attached hydrogen (secondary N) is 2. The molecule has 0 spiro atoms. The van der Waals surface area contributed by atoms with Crippen molar-refractivity contribution in [1.82, 2.24) is 10.6 Å². The van der Waals surface area contributed by atoms with Crippen molar-refractivity contribution in [3.05, 3.63) is 0 Å². The molecular formula is C15H28N2OS. The van der Waals surface area contributed by atoms with Gasteiger partial charge in [0.1, 0.15) is 0 Å². The van der Waals surface area contributed by atoms with Gasteiger partial charge in [0, 0.05) is 36.6 Å². The second-order valence-electron chi connectivity index (χ2n) is 6.04. The van der Waals surface area contributed by atoms with Gasteiger partial charge in [-0.25, -0.2) is 0 Å². The van der Waals surface area contributed by atoms with E-state index in [-0.39, 0.29) is 5.91 Å². The van der Waals surface area contributed by atoms with Crippen LogP contribution in [-0.2, 0) is 4.79 Å². The van der Waals surface area contributed by atoms with E-state index in [0.717, 1.165) is 12.3 Å². The minimum absolute atomic E-state index is 0.233. The number of thioether (sulfide) groups is 1. The maximum absolute atomic E-state index is 12.1. The molecule has 0 aromatic rings. The summed E-state index contributed by atoms with van der Waals surface area (Å²) in [6.07, 6.45) is 8.65. The van der Waals surface area contributed by atoms with Crippen LogP contribution < -0.4 is 10.6 Å². The third kappa shape index (κ3) is 5.35. The molecule has 1 saturated heterocycles. The van der Waals surface area contributed by atoms with Gasteiger partial charge in [-0.05, 0) is 25.7 Å². The Morgan fingerprint density at radius 2 is 2.05 bits per heavy atom. The Morgan fingerprint density at radius 1 is 1.32 bits per heavy atom. The molecule has 1 aliphatic heterocycles. The lowest BCUT2D eigenvalue weighted by Crippen LogP contribution is -2.44. The first-order valence-corrected chi connectivity index (χ1v) is 9.01. The zero-order valence-electron chi connectivity index (χ0n) is 12.1. The fraction of sp³-hybridized carbons (Fsp3) is 0.933. The Morgan fingerprint density at radius 3 is 2.68 bits per heavy atom. The van der Waals surface area contributed by atoms with Gasteiger partial charge in [-0.15, -0.1) is 0 Å².